The highest BCUT2D eigenvalue weighted by molar-refractivity contribution is 7.91. The molecule has 0 aliphatic carbocycles. The molecule has 0 fully saturated rings. The average Bonchev–Trinajstić information content (AvgIpc) is 2.66. The fraction of sp³-hybridized carbons (Fsp3) is 0.368. The molecular formula is C19H23NO4S. The van der Waals surface area contributed by atoms with E-state index in [0.717, 1.165) is 30.0 Å². The van der Waals surface area contributed by atoms with Crippen LogP contribution in [0.1, 0.15) is 18.1 Å². The van der Waals surface area contributed by atoms with Crippen molar-refractivity contribution in [2.45, 2.75) is 24.8 Å². The highest BCUT2D eigenvalue weighted by Crippen LogP contribution is 2.36. The van der Waals surface area contributed by atoms with Crippen LogP contribution in [-0.2, 0) is 22.8 Å². The van der Waals surface area contributed by atoms with Crippen molar-refractivity contribution in [3.8, 4) is 11.5 Å². The van der Waals surface area contributed by atoms with E-state index in [9.17, 15) is 8.42 Å². The molecule has 0 unspecified atom stereocenters. The maximum atomic E-state index is 12.4. The first-order valence-electron chi connectivity index (χ1n) is 8.30. The molecule has 6 heteroatoms. The second kappa shape index (κ2) is 6.96. The Morgan fingerprint density at radius 3 is 2.32 bits per heavy atom. The summed E-state index contributed by atoms with van der Waals surface area (Å²) in [5, 5.41) is 0. The van der Waals surface area contributed by atoms with E-state index in [1.165, 1.54) is 5.56 Å². The third-order valence-corrected chi connectivity index (χ3v) is 6.41. The van der Waals surface area contributed by atoms with Crippen molar-refractivity contribution in [3.63, 3.8) is 0 Å². The maximum absolute atomic E-state index is 12.4. The fourth-order valence-electron chi connectivity index (χ4n) is 3.23. The first-order valence-corrected chi connectivity index (χ1v) is 9.96. The number of hydrogen-bond acceptors (Lipinski definition) is 5. The van der Waals surface area contributed by atoms with Gasteiger partial charge in [0.05, 0.1) is 30.6 Å². The molecule has 0 atom stereocenters. The van der Waals surface area contributed by atoms with Crippen LogP contribution < -0.4 is 14.4 Å². The molecule has 0 bridgehead atoms. The quantitative estimate of drug-likeness (QED) is 0.819. The van der Waals surface area contributed by atoms with Gasteiger partial charge in [-0.1, -0.05) is 19.1 Å². The van der Waals surface area contributed by atoms with E-state index in [0.29, 0.717) is 17.2 Å². The Kier molecular flexibility index (Phi) is 4.90. The Morgan fingerprint density at radius 1 is 1.04 bits per heavy atom. The van der Waals surface area contributed by atoms with Crippen molar-refractivity contribution < 1.29 is 17.9 Å². The van der Waals surface area contributed by atoms with Crippen LogP contribution in [0.3, 0.4) is 0 Å². The molecule has 0 N–H and O–H groups in total. The lowest BCUT2D eigenvalue weighted by Gasteiger charge is -2.32. The zero-order chi connectivity index (χ0) is 18.0. The molecule has 0 aromatic heterocycles. The summed E-state index contributed by atoms with van der Waals surface area (Å²) in [7, 11) is -0.0162. The third kappa shape index (κ3) is 3.31. The number of sulfone groups is 1. The summed E-state index contributed by atoms with van der Waals surface area (Å²) in [6.07, 6.45) is 0.830. The van der Waals surface area contributed by atoms with Gasteiger partial charge < -0.3 is 14.4 Å². The van der Waals surface area contributed by atoms with Gasteiger partial charge in [0, 0.05) is 13.1 Å². The van der Waals surface area contributed by atoms with Crippen LogP contribution in [0.25, 0.3) is 0 Å². The predicted octanol–water partition coefficient (Wildman–Crippen LogP) is 3.06. The third-order valence-electron chi connectivity index (χ3n) is 4.64. The van der Waals surface area contributed by atoms with E-state index in [1.54, 1.807) is 33.3 Å². The molecule has 1 aliphatic heterocycles. The first kappa shape index (κ1) is 17.6. The van der Waals surface area contributed by atoms with Gasteiger partial charge in [-0.2, -0.15) is 0 Å². The molecule has 0 radical (unpaired) electrons. The van der Waals surface area contributed by atoms with Gasteiger partial charge in [-0.15, -0.1) is 0 Å². The molecule has 5 nitrogen and oxygen atoms in total. The maximum Gasteiger partial charge on any atom is 0.180 e. The van der Waals surface area contributed by atoms with Crippen molar-refractivity contribution in [1.82, 2.24) is 0 Å². The molecule has 2 aromatic rings. The zero-order valence-electron chi connectivity index (χ0n) is 14.8. The Labute approximate surface area is 149 Å². The SMILES string of the molecule is CCS(=O)(=O)c1ccccc1N1CCc2cc(OC)c(OC)cc2C1. The Morgan fingerprint density at radius 2 is 1.68 bits per heavy atom. The Balaban J connectivity index is 1.99. The van der Waals surface area contributed by atoms with E-state index in [2.05, 4.69) is 4.90 Å². The van der Waals surface area contributed by atoms with E-state index in [4.69, 9.17) is 9.47 Å². The lowest BCUT2D eigenvalue weighted by molar-refractivity contribution is 0.353. The standard InChI is InChI=1S/C19H23NO4S/c1-4-25(21,22)19-8-6-5-7-16(19)20-10-9-14-11-17(23-2)18(24-3)12-15(14)13-20/h5-8,11-12H,4,9-10,13H2,1-3H3. The summed E-state index contributed by atoms with van der Waals surface area (Å²) in [6, 6.07) is 11.2. The largest absolute Gasteiger partial charge is 0.493 e. The number of rotatable bonds is 5. The molecule has 3 rings (SSSR count). The summed E-state index contributed by atoms with van der Waals surface area (Å²) >= 11 is 0. The molecule has 2 aromatic carbocycles. The Hall–Kier alpha value is -2.21. The van der Waals surface area contributed by atoms with Crippen LogP contribution in [0.5, 0.6) is 11.5 Å². The number of anilines is 1. The first-order chi connectivity index (χ1) is 12.0. The van der Waals surface area contributed by atoms with Crippen molar-refractivity contribution >= 4 is 15.5 Å². The molecule has 0 saturated carbocycles. The molecule has 134 valence electrons. The van der Waals surface area contributed by atoms with Gasteiger partial charge in [0.1, 0.15) is 0 Å². The number of ether oxygens (including phenoxy) is 2. The molecule has 1 heterocycles. The monoisotopic (exact) mass is 361 g/mol. The van der Waals surface area contributed by atoms with E-state index in [1.807, 2.05) is 24.3 Å². The fourth-order valence-corrected chi connectivity index (χ4v) is 4.34. The number of benzene rings is 2. The second-order valence-electron chi connectivity index (χ2n) is 6.02. The van der Waals surface area contributed by atoms with Crippen molar-refractivity contribution in [1.29, 1.82) is 0 Å². The summed E-state index contributed by atoms with van der Waals surface area (Å²) in [4.78, 5) is 2.53. The number of nitrogens with zero attached hydrogens (tertiary/aromatic N) is 1. The van der Waals surface area contributed by atoms with Crippen LogP contribution in [-0.4, -0.2) is 34.9 Å². The minimum Gasteiger partial charge on any atom is -0.493 e. The van der Waals surface area contributed by atoms with Crippen LogP contribution in [0.2, 0.25) is 0 Å². The molecule has 0 saturated heterocycles. The van der Waals surface area contributed by atoms with Crippen LogP contribution in [0.4, 0.5) is 5.69 Å². The normalized spacial score (nSPS) is 14.1. The number of hydrogen-bond donors (Lipinski definition) is 0. The predicted molar refractivity (Wildman–Crippen MR) is 98.5 cm³/mol. The van der Waals surface area contributed by atoms with E-state index < -0.39 is 9.84 Å². The number of methoxy groups -OCH3 is 2. The van der Waals surface area contributed by atoms with E-state index in [-0.39, 0.29) is 5.75 Å². The van der Waals surface area contributed by atoms with Gasteiger partial charge in [0.25, 0.3) is 0 Å². The van der Waals surface area contributed by atoms with Crippen LogP contribution in [0.15, 0.2) is 41.3 Å². The highest BCUT2D eigenvalue weighted by Gasteiger charge is 2.24. The van der Waals surface area contributed by atoms with Gasteiger partial charge in [0.15, 0.2) is 21.3 Å². The summed E-state index contributed by atoms with van der Waals surface area (Å²) < 4.78 is 35.6. The van der Waals surface area contributed by atoms with Crippen molar-refractivity contribution in [2.75, 3.05) is 31.4 Å². The van der Waals surface area contributed by atoms with Crippen molar-refractivity contribution in [3.05, 3.63) is 47.5 Å². The van der Waals surface area contributed by atoms with Gasteiger partial charge in [-0.3, -0.25) is 0 Å². The lowest BCUT2D eigenvalue weighted by Crippen LogP contribution is -2.31. The molecule has 25 heavy (non-hydrogen) atoms. The summed E-state index contributed by atoms with van der Waals surface area (Å²) in [5.41, 5.74) is 3.11. The summed E-state index contributed by atoms with van der Waals surface area (Å²) in [5.74, 6) is 1.51. The Bertz CT molecular complexity index is 877. The van der Waals surface area contributed by atoms with Gasteiger partial charge in [-0.25, -0.2) is 8.42 Å². The number of para-hydroxylation sites is 1. The molecule has 1 aliphatic rings. The van der Waals surface area contributed by atoms with Gasteiger partial charge in [-0.05, 0) is 41.8 Å². The minimum atomic E-state index is -3.27. The zero-order valence-corrected chi connectivity index (χ0v) is 15.6. The van der Waals surface area contributed by atoms with Crippen LogP contribution >= 0.6 is 0 Å². The lowest BCUT2D eigenvalue weighted by atomic mass is 9.98. The molecular weight excluding hydrogens is 338 g/mol. The molecule has 0 amide bonds. The second-order valence-corrected chi connectivity index (χ2v) is 8.27. The van der Waals surface area contributed by atoms with Crippen molar-refractivity contribution in [2.24, 2.45) is 0 Å². The smallest absolute Gasteiger partial charge is 0.180 e. The van der Waals surface area contributed by atoms with Crippen LogP contribution in [0, 0.1) is 0 Å². The minimum absolute atomic E-state index is 0.0967. The highest BCUT2D eigenvalue weighted by atomic mass is 32.2. The number of fused-ring (bicyclic) bond motifs is 1. The topological polar surface area (TPSA) is 55.8 Å². The van der Waals surface area contributed by atoms with Gasteiger partial charge in [0.2, 0.25) is 0 Å². The summed E-state index contributed by atoms with van der Waals surface area (Å²) in [6.45, 7) is 3.08. The van der Waals surface area contributed by atoms with E-state index >= 15 is 0 Å². The molecule has 0 spiro atoms. The average molecular weight is 361 g/mol. The van der Waals surface area contributed by atoms with Gasteiger partial charge >= 0.3 is 0 Å².